The molecule has 0 aromatic heterocycles. The standard InChI is InChI=1S/C44H80O10/c1-3-5-7-9-11-13-15-17-19-21-23-25-27-29-31-33-40(47)53-37(36-52-44-43(50)42(49)41(48)38(34-45)54-44)35-51-39(46)32-30-28-26-24-22-20-18-16-14-12-10-8-6-4-2/h3,16,18,37-38,41-45,48-50H,1,4-15,17,19-36H2,2H3/b18-16+/t37-,38-,41+,42?,43?,44-/m1/s1. The predicted molar refractivity (Wildman–Crippen MR) is 215 cm³/mol. The van der Waals surface area contributed by atoms with Gasteiger partial charge in [-0.1, -0.05) is 141 Å². The van der Waals surface area contributed by atoms with Crippen LogP contribution in [0.5, 0.6) is 0 Å². The maximum absolute atomic E-state index is 12.7. The van der Waals surface area contributed by atoms with Crippen LogP contribution >= 0.6 is 0 Å². The Kier molecular flexibility index (Phi) is 33.1. The van der Waals surface area contributed by atoms with Gasteiger partial charge in [-0.05, 0) is 51.4 Å². The van der Waals surface area contributed by atoms with Crippen LogP contribution in [0.1, 0.15) is 187 Å². The Bertz CT molecular complexity index is 925. The molecule has 0 saturated carbocycles. The fraction of sp³-hybridized carbons (Fsp3) is 0.864. The van der Waals surface area contributed by atoms with E-state index >= 15 is 0 Å². The average molecular weight is 769 g/mol. The monoisotopic (exact) mass is 769 g/mol. The fourth-order valence-corrected chi connectivity index (χ4v) is 6.69. The molecule has 1 heterocycles. The molecule has 1 saturated heterocycles. The largest absolute Gasteiger partial charge is 0.462 e. The number of carbonyl (C=O) groups is 2. The SMILES string of the molecule is C=CCCCCCCCCCCCCCCCC(=O)O[C@H](COC(=O)CCCCCCC/C=C/CCCCCCC)CO[C@@H]1O[C@H](CO)[C@H](O)C(O)C1O. The molecule has 0 radical (unpaired) electrons. The Morgan fingerprint density at radius 3 is 1.57 bits per heavy atom. The van der Waals surface area contributed by atoms with Gasteiger partial charge in [-0.15, -0.1) is 6.58 Å². The van der Waals surface area contributed by atoms with Crippen LogP contribution in [0.4, 0.5) is 0 Å². The summed E-state index contributed by atoms with van der Waals surface area (Å²) in [6.07, 6.45) is 29.3. The lowest BCUT2D eigenvalue weighted by Gasteiger charge is -2.39. The summed E-state index contributed by atoms with van der Waals surface area (Å²) in [6, 6.07) is 0. The van der Waals surface area contributed by atoms with E-state index in [1.54, 1.807) is 0 Å². The molecule has 10 heteroatoms. The van der Waals surface area contributed by atoms with Crippen molar-refractivity contribution in [2.45, 2.75) is 224 Å². The van der Waals surface area contributed by atoms with Crippen molar-refractivity contribution in [1.29, 1.82) is 0 Å². The minimum atomic E-state index is -1.59. The minimum Gasteiger partial charge on any atom is -0.462 e. The van der Waals surface area contributed by atoms with E-state index in [0.29, 0.717) is 6.42 Å². The van der Waals surface area contributed by atoms with Crippen LogP contribution < -0.4 is 0 Å². The van der Waals surface area contributed by atoms with Crippen LogP contribution in [0.2, 0.25) is 0 Å². The van der Waals surface area contributed by atoms with E-state index in [1.165, 1.54) is 96.3 Å². The topological polar surface area (TPSA) is 152 Å². The molecule has 0 aromatic carbocycles. The van der Waals surface area contributed by atoms with Crippen LogP contribution in [0, 0.1) is 0 Å². The molecule has 0 amide bonds. The van der Waals surface area contributed by atoms with Crippen molar-refractivity contribution >= 4 is 11.9 Å². The first kappa shape index (κ1) is 50.2. The van der Waals surface area contributed by atoms with Gasteiger partial charge in [0.15, 0.2) is 12.4 Å². The normalized spacial score (nSPS) is 20.6. The molecule has 1 rings (SSSR count). The predicted octanol–water partition coefficient (Wildman–Crippen LogP) is 8.94. The summed E-state index contributed by atoms with van der Waals surface area (Å²) in [7, 11) is 0. The zero-order chi connectivity index (χ0) is 39.5. The fourth-order valence-electron chi connectivity index (χ4n) is 6.69. The molecule has 6 atom stereocenters. The van der Waals surface area contributed by atoms with Crippen molar-refractivity contribution in [2.75, 3.05) is 19.8 Å². The van der Waals surface area contributed by atoms with E-state index in [-0.39, 0.29) is 32.0 Å². The first-order valence-electron chi connectivity index (χ1n) is 21.9. The molecule has 1 aliphatic heterocycles. The lowest BCUT2D eigenvalue weighted by Crippen LogP contribution is -2.59. The number of hydrogen-bond donors (Lipinski definition) is 4. The van der Waals surface area contributed by atoms with Gasteiger partial charge in [0.25, 0.3) is 0 Å². The third-order valence-corrected chi connectivity index (χ3v) is 10.2. The highest BCUT2D eigenvalue weighted by molar-refractivity contribution is 5.70. The number of esters is 2. The number of rotatable bonds is 37. The molecule has 1 fully saturated rings. The van der Waals surface area contributed by atoms with Gasteiger partial charge < -0.3 is 39.4 Å². The summed E-state index contributed by atoms with van der Waals surface area (Å²) in [5.41, 5.74) is 0. The third-order valence-electron chi connectivity index (χ3n) is 10.2. The van der Waals surface area contributed by atoms with Crippen molar-refractivity contribution in [1.82, 2.24) is 0 Å². The Hall–Kier alpha value is -1.82. The number of unbranched alkanes of at least 4 members (excludes halogenated alkanes) is 23. The van der Waals surface area contributed by atoms with E-state index in [4.69, 9.17) is 18.9 Å². The Labute approximate surface area is 328 Å². The van der Waals surface area contributed by atoms with E-state index in [2.05, 4.69) is 25.7 Å². The maximum Gasteiger partial charge on any atom is 0.306 e. The van der Waals surface area contributed by atoms with E-state index in [9.17, 15) is 30.0 Å². The zero-order valence-electron chi connectivity index (χ0n) is 34.1. The third kappa shape index (κ3) is 26.9. The number of hydrogen-bond acceptors (Lipinski definition) is 10. The number of carbonyl (C=O) groups excluding carboxylic acids is 2. The second-order valence-corrected chi connectivity index (χ2v) is 15.2. The molecule has 54 heavy (non-hydrogen) atoms. The van der Waals surface area contributed by atoms with Crippen LogP contribution in [0.3, 0.4) is 0 Å². The molecule has 316 valence electrons. The number of allylic oxidation sites excluding steroid dienone is 3. The summed E-state index contributed by atoms with van der Waals surface area (Å²) < 4.78 is 22.1. The molecule has 1 aliphatic rings. The summed E-state index contributed by atoms with van der Waals surface area (Å²) in [5.74, 6) is -0.815. The zero-order valence-corrected chi connectivity index (χ0v) is 34.1. The van der Waals surface area contributed by atoms with Gasteiger partial charge in [0.05, 0.1) is 13.2 Å². The van der Waals surface area contributed by atoms with Crippen molar-refractivity contribution in [3.05, 3.63) is 24.8 Å². The second-order valence-electron chi connectivity index (χ2n) is 15.2. The van der Waals surface area contributed by atoms with E-state index in [0.717, 1.165) is 64.2 Å². The first-order valence-corrected chi connectivity index (χ1v) is 21.9. The molecule has 0 bridgehead atoms. The number of aliphatic hydroxyl groups excluding tert-OH is 4. The van der Waals surface area contributed by atoms with Crippen molar-refractivity contribution in [2.24, 2.45) is 0 Å². The molecule has 0 spiro atoms. The summed E-state index contributed by atoms with van der Waals surface area (Å²) in [6.45, 7) is 4.93. The van der Waals surface area contributed by atoms with Crippen LogP contribution in [0.25, 0.3) is 0 Å². The molecular formula is C44H80O10. The van der Waals surface area contributed by atoms with Crippen LogP contribution in [-0.4, -0.2) is 89.0 Å². The first-order chi connectivity index (χ1) is 26.3. The van der Waals surface area contributed by atoms with Crippen molar-refractivity contribution in [3.8, 4) is 0 Å². The van der Waals surface area contributed by atoms with Gasteiger partial charge in [-0.3, -0.25) is 9.59 Å². The lowest BCUT2D eigenvalue weighted by molar-refractivity contribution is -0.305. The van der Waals surface area contributed by atoms with Gasteiger partial charge in [-0.25, -0.2) is 0 Å². The average Bonchev–Trinajstić information content (AvgIpc) is 3.17. The van der Waals surface area contributed by atoms with E-state index < -0.39 is 49.4 Å². The Morgan fingerprint density at radius 2 is 1.07 bits per heavy atom. The highest BCUT2D eigenvalue weighted by atomic mass is 16.7. The Morgan fingerprint density at radius 1 is 0.611 bits per heavy atom. The molecular weight excluding hydrogens is 688 g/mol. The molecule has 10 nitrogen and oxygen atoms in total. The second kappa shape index (κ2) is 35.6. The van der Waals surface area contributed by atoms with E-state index in [1.807, 2.05) is 6.08 Å². The molecule has 2 unspecified atom stereocenters. The summed E-state index contributed by atoms with van der Waals surface area (Å²) in [5, 5.41) is 40.0. The van der Waals surface area contributed by atoms with Gasteiger partial charge >= 0.3 is 11.9 Å². The lowest BCUT2D eigenvalue weighted by atomic mass is 9.99. The maximum atomic E-state index is 12.7. The van der Waals surface area contributed by atoms with Crippen molar-refractivity contribution in [3.63, 3.8) is 0 Å². The molecule has 0 aliphatic carbocycles. The van der Waals surface area contributed by atoms with Gasteiger partial charge in [0, 0.05) is 12.8 Å². The molecule has 0 aromatic rings. The summed E-state index contributed by atoms with van der Waals surface area (Å²) in [4.78, 5) is 25.3. The number of ether oxygens (including phenoxy) is 4. The van der Waals surface area contributed by atoms with Gasteiger partial charge in [-0.2, -0.15) is 0 Å². The number of aliphatic hydroxyl groups is 4. The van der Waals surface area contributed by atoms with Gasteiger partial charge in [0.1, 0.15) is 31.0 Å². The minimum absolute atomic E-state index is 0.220. The highest BCUT2D eigenvalue weighted by Gasteiger charge is 2.44. The van der Waals surface area contributed by atoms with Crippen molar-refractivity contribution < 1.29 is 49.0 Å². The quantitative estimate of drug-likeness (QED) is 0.0274. The smallest absolute Gasteiger partial charge is 0.306 e. The van der Waals surface area contributed by atoms with Crippen LogP contribution in [-0.2, 0) is 28.5 Å². The molecule has 4 N–H and O–H groups in total. The highest BCUT2D eigenvalue weighted by Crippen LogP contribution is 2.23. The van der Waals surface area contributed by atoms with Gasteiger partial charge in [0.2, 0.25) is 0 Å². The summed E-state index contributed by atoms with van der Waals surface area (Å²) >= 11 is 0. The van der Waals surface area contributed by atoms with Crippen LogP contribution in [0.15, 0.2) is 24.8 Å². The Balaban J connectivity index is 2.34.